The Morgan fingerprint density at radius 3 is 2.06 bits per heavy atom. The van der Waals surface area contributed by atoms with Crippen LogP contribution in [-0.2, 0) is 14.3 Å². The Morgan fingerprint density at radius 2 is 1.53 bits per heavy atom. The molecule has 2 fully saturated rings. The second-order valence-electron chi connectivity index (χ2n) is 5.43. The van der Waals surface area contributed by atoms with Crippen molar-refractivity contribution in [3.63, 3.8) is 0 Å². The maximum atomic E-state index is 12.4. The summed E-state index contributed by atoms with van der Waals surface area (Å²) in [7, 11) is 1.40. The molecule has 0 spiro atoms. The first-order valence-corrected chi connectivity index (χ1v) is 6.85. The smallest absolute Gasteiger partial charge is 0.316 e. The number of Topliss-reactive ketones (excluding diaryl/α,β-unsaturated/α-hetero) is 1. The molecule has 2 aliphatic rings. The van der Waals surface area contributed by atoms with E-state index in [-0.39, 0.29) is 23.6 Å². The van der Waals surface area contributed by atoms with Gasteiger partial charge in [0, 0.05) is 5.92 Å². The van der Waals surface area contributed by atoms with Crippen LogP contribution >= 0.6 is 0 Å². The second kappa shape index (κ2) is 5.65. The number of carbonyl (C=O) groups is 2. The summed E-state index contributed by atoms with van der Waals surface area (Å²) in [6.07, 6.45) is 8.53. The van der Waals surface area contributed by atoms with E-state index in [2.05, 4.69) is 0 Å². The van der Waals surface area contributed by atoms with Gasteiger partial charge in [0.2, 0.25) is 0 Å². The van der Waals surface area contributed by atoms with Crippen LogP contribution in [0.5, 0.6) is 0 Å². The van der Waals surface area contributed by atoms with Gasteiger partial charge in [0.25, 0.3) is 0 Å². The van der Waals surface area contributed by atoms with Crippen molar-refractivity contribution in [1.82, 2.24) is 0 Å². The molecule has 2 rings (SSSR count). The molecule has 0 saturated heterocycles. The first kappa shape index (κ1) is 12.6. The topological polar surface area (TPSA) is 43.4 Å². The second-order valence-corrected chi connectivity index (χ2v) is 5.43. The maximum absolute atomic E-state index is 12.4. The van der Waals surface area contributed by atoms with E-state index < -0.39 is 5.92 Å². The van der Waals surface area contributed by atoms with E-state index >= 15 is 0 Å². The molecule has 0 heterocycles. The quantitative estimate of drug-likeness (QED) is 0.558. The number of hydrogen-bond acceptors (Lipinski definition) is 3. The van der Waals surface area contributed by atoms with E-state index in [1.165, 1.54) is 7.11 Å². The summed E-state index contributed by atoms with van der Waals surface area (Å²) in [6, 6.07) is 0. The van der Waals surface area contributed by atoms with Crippen molar-refractivity contribution in [2.45, 2.75) is 51.4 Å². The van der Waals surface area contributed by atoms with Crippen molar-refractivity contribution < 1.29 is 14.3 Å². The van der Waals surface area contributed by atoms with Gasteiger partial charge in [-0.1, -0.05) is 25.7 Å². The normalized spacial score (nSPS) is 23.8. The first-order chi connectivity index (χ1) is 8.24. The van der Waals surface area contributed by atoms with Crippen molar-refractivity contribution >= 4 is 11.8 Å². The van der Waals surface area contributed by atoms with Gasteiger partial charge in [-0.3, -0.25) is 9.59 Å². The molecule has 17 heavy (non-hydrogen) atoms. The van der Waals surface area contributed by atoms with Gasteiger partial charge in [0.1, 0.15) is 11.7 Å². The molecule has 0 radical (unpaired) electrons. The van der Waals surface area contributed by atoms with Crippen LogP contribution in [0.25, 0.3) is 0 Å². The van der Waals surface area contributed by atoms with Gasteiger partial charge >= 0.3 is 5.97 Å². The average molecular weight is 238 g/mol. The molecule has 0 amide bonds. The molecule has 0 aromatic heterocycles. The van der Waals surface area contributed by atoms with E-state index in [0.29, 0.717) is 0 Å². The molecule has 0 N–H and O–H groups in total. The lowest BCUT2D eigenvalue weighted by Gasteiger charge is -2.22. The van der Waals surface area contributed by atoms with E-state index in [0.717, 1.165) is 51.4 Å². The fraction of sp³-hybridized carbons (Fsp3) is 0.857. The lowest BCUT2D eigenvalue weighted by atomic mass is 9.81. The summed E-state index contributed by atoms with van der Waals surface area (Å²) in [4.78, 5) is 24.3. The number of hydrogen-bond donors (Lipinski definition) is 0. The van der Waals surface area contributed by atoms with Gasteiger partial charge in [-0.05, 0) is 31.6 Å². The monoisotopic (exact) mass is 238 g/mol. The number of carbonyl (C=O) groups excluding carboxylic acids is 2. The fourth-order valence-electron chi connectivity index (χ4n) is 3.42. The summed E-state index contributed by atoms with van der Waals surface area (Å²) in [5, 5.41) is 0. The number of ether oxygens (including phenoxy) is 1. The predicted molar refractivity (Wildman–Crippen MR) is 64.4 cm³/mol. The fourth-order valence-corrected chi connectivity index (χ4v) is 3.42. The molecule has 0 aliphatic heterocycles. The van der Waals surface area contributed by atoms with Crippen molar-refractivity contribution in [2.75, 3.05) is 7.11 Å². The van der Waals surface area contributed by atoms with Gasteiger partial charge in [-0.2, -0.15) is 0 Å². The zero-order valence-corrected chi connectivity index (χ0v) is 10.6. The van der Waals surface area contributed by atoms with E-state index in [4.69, 9.17) is 4.74 Å². The number of rotatable bonds is 4. The van der Waals surface area contributed by atoms with Gasteiger partial charge in [-0.25, -0.2) is 0 Å². The largest absolute Gasteiger partial charge is 0.468 e. The van der Waals surface area contributed by atoms with E-state index in [1.807, 2.05) is 0 Å². The Labute approximate surface area is 103 Å². The molecule has 2 saturated carbocycles. The molecule has 0 aromatic rings. The van der Waals surface area contributed by atoms with Crippen molar-refractivity contribution in [2.24, 2.45) is 17.8 Å². The Bertz CT molecular complexity index is 286. The van der Waals surface area contributed by atoms with Gasteiger partial charge in [0.05, 0.1) is 7.11 Å². The number of methoxy groups -OCH3 is 1. The summed E-state index contributed by atoms with van der Waals surface area (Å²) in [5.41, 5.74) is 0. The van der Waals surface area contributed by atoms with Crippen LogP contribution in [-0.4, -0.2) is 18.9 Å². The van der Waals surface area contributed by atoms with Crippen LogP contribution in [0.1, 0.15) is 51.4 Å². The van der Waals surface area contributed by atoms with Crippen molar-refractivity contribution in [1.29, 1.82) is 0 Å². The highest BCUT2D eigenvalue weighted by Gasteiger charge is 2.40. The Balaban J connectivity index is 2.08. The predicted octanol–water partition coefficient (Wildman–Crippen LogP) is 2.73. The van der Waals surface area contributed by atoms with Crippen molar-refractivity contribution in [3.8, 4) is 0 Å². The molecule has 1 unspecified atom stereocenters. The maximum Gasteiger partial charge on any atom is 0.316 e. The van der Waals surface area contributed by atoms with Crippen molar-refractivity contribution in [3.05, 3.63) is 0 Å². The molecule has 3 heteroatoms. The minimum Gasteiger partial charge on any atom is -0.468 e. The van der Waals surface area contributed by atoms with E-state index in [1.54, 1.807) is 0 Å². The van der Waals surface area contributed by atoms with Crippen LogP contribution < -0.4 is 0 Å². The summed E-state index contributed by atoms with van der Waals surface area (Å²) in [6.45, 7) is 0. The summed E-state index contributed by atoms with van der Waals surface area (Å²) >= 11 is 0. The first-order valence-electron chi connectivity index (χ1n) is 6.85. The molecular formula is C14H22O3. The Morgan fingerprint density at radius 1 is 1.00 bits per heavy atom. The standard InChI is InChI=1S/C14H22O3/c1-17-14(16)12(10-6-2-3-7-10)13(15)11-8-4-5-9-11/h10-12H,2-9H2,1H3. The number of esters is 1. The summed E-state index contributed by atoms with van der Waals surface area (Å²) < 4.78 is 4.85. The van der Waals surface area contributed by atoms with Gasteiger partial charge < -0.3 is 4.74 Å². The third-order valence-electron chi connectivity index (χ3n) is 4.39. The van der Waals surface area contributed by atoms with Crippen LogP contribution in [0.15, 0.2) is 0 Å². The lowest BCUT2D eigenvalue weighted by Crippen LogP contribution is -2.34. The lowest BCUT2D eigenvalue weighted by molar-refractivity contribution is -0.153. The molecule has 3 nitrogen and oxygen atoms in total. The van der Waals surface area contributed by atoms with Gasteiger partial charge in [0.15, 0.2) is 0 Å². The van der Waals surface area contributed by atoms with Crippen LogP contribution in [0, 0.1) is 17.8 Å². The molecule has 1 atom stereocenters. The molecule has 0 bridgehead atoms. The third kappa shape index (κ3) is 2.70. The zero-order chi connectivity index (χ0) is 12.3. The molecule has 2 aliphatic carbocycles. The summed E-state index contributed by atoms with van der Waals surface area (Å²) in [5.74, 6) is -0.226. The third-order valence-corrected chi connectivity index (χ3v) is 4.39. The zero-order valence-electron chi connectivity index (χ0n) is 10.6. The highest BCUT2D eigenvalue weighted by Crippen LogP contribution is 2.37. The highest BCUT2D eigenvalue weighted by atomic mass is 16.5. The molecule has 96 valence electrons. The number of ketones is 1. The van der Waals surface area contributed by atoms with Crippen LogP contribution in [0.2, 0.25) is 0 Å². The molecular weight excluding hydrogens is 216 g/mol. The SMILES string of the molecule is COC(=O)C(C(=O)C1CCCC1)C1CCCC1. The Hall–Kier alpha value is -0.860. The minimum atomic E-state index is -0.467. The average Bonchev–Trinajstić information content (AvgIpc) is 3.01. The van der Waals surface area contributed by atoms with Gasteiger partial charge in [-0.15, -0.1) is 0 Å². The highest BCUT2D eigenvalue weighted by molar-refractivity contribution is 6.00. The van der Waals surface area contributed by atoms with Crippen LogP contribution in [0.4, 0.5) is 0 Å². The van der Waals surface area contributed by atoms with Crippen LogP contribution in [0.3, 0.4) is 0 Å². The van der Waals surface area contributed by atoms with E-state index in [9.17, 15) is 9.59 Å². The Kier molecular flexibility index (Phi) is 4.19. The minimum absolute atomic E-state index is 0.125. The molecule has 0 aromatic carbocycles.